The summed E-state index contributed by atoms with van der Waals surface area (Å²) in [5.74, 6) is -0.905. The average Bonchev–Trinajstić information content (AvgIpc) is 2.63. The molecule has 1 aliphatic rings. The van der Waals surface area contributed by atoms with Gasteiger partial charge >= 0.3 is 5.97 Å². The molecule has 0 fully saturated rings. The molecular weight excluding hydrogens is 422 g/mol. The predicted octanol–water partition coefficient (Wildman–Crippen LogP) is 3.52. The summed E-state index contributed by atoms with van der Waals surface area (Å²) < 4.78 is 5.87. The fourth-order valence-corrected chi connectivity index (χ4v) is 4.12. The van der Waals surface area contributed by atoms with Gasteiger partial charge in [-0.2, -0.15) is 0 Å². The van der Waals surface area contributed by atoms with Gasteiger partial charge in [0.15, 0.2) is 0 Å². The predicted molar refractivity (Wildman–Crippen MR) is 112 cm³/mol. The molecule has 6 nitrogen and oxygen atoms in total. The van der Waals surface area contributed by atoms with Crippen molar-refractivity contribution in [1.29, 1.82) is 0 Å². The van der Waals surface area contributed by atoms with Gasteiger partial charge in [-0.25, -0.2) is 4.79 Å². The number of carbonyl (C=O) groups is 2. The molecule has 7 heteroatoms. The van der Waals surface area contributed by atoms with Crippen molar-refractivity contribution in [3.63, 3.8) is 0 Å². The van der Waals surface area contributed by atoms with Crippen LogP contribution in [0.4, 0.5) is 0 Å². The van der Waals surface area contributed by atoms with Crippen molar-refractivity contribution in [3.8, 4) is 0 Å². The molecule has 0 saturated carbocycles. The maximum atomic E-state index is 12.5. The molecular formula is C21H24BrN3O3. The second kappa shape index (κ2) is 8.41. The van der Waals surface area contributed by atoms with E-state index < -0.39 is 11.9 Å². The van der Waals surface area contributed by atoms with E-state index in [2.05, 4.69) is 34.7 Å². The van der Waals surface area contributed by atoms with Gasteiger partial charge in [-0.1, -0.05) is 22.0 Å². The minimum Gasteiger partial charge on any atom is -0.463 e. The Morgan fingerprint density at radius 3 is 2.82 bits per heavy atom. The van der Waals surface area contributed by atoms with Crippen LogP contribution in [0.15, 0.2) is 34.8 Å². The number of amides is 1. The summed E-state index contributed by atoms with van der Waals surface area (Å²) in [6, 6.07) is 5.57. The van der Waals surface area contributed by atoms with E-state index in [1.165, 1.54) is 6.08 Å². The second-order valence-electron chi connectivity index (χ2n) is 7.01. The number of fused-ring (bicyclic) bond motifs is 2. The zero-order chi connectivity index (χ0) is 20.4. The molecule has 2 N–H and O–H groups in total. The van der Waals surface area contributed by atoms with Crippen LogP contribution in [-0.2, 0) is 16.0 Å². The monoisotopic (exact) mass is 445 g/mol. The van der Waals surface area contributed by atoms with Crippen LogP contribution in [-0.4, -0.2) is 41.0 Å². The highest BCUT2D eigenvalue weighted by Crippen LogP contribution is 2.37. The van der Waals surface area contributed by atoms with Gasteiger partial charge in [-0.3, -0.25) is 14.7 Å². The maximum absolute atomic E-state index is 12.5. The Bertz CT molecular complexity index is 956. The molecule has 1 aromatic heterocycles. The highest BCUT2D eigenvalue weighted by atomic mass is 79.9. The number of nitrogens with two attached hydrogens (primary N) is 1. The third-order valence-electron chi connectivity index (χ3n) is 4.93. The Kier molecular flexibility index (Phi) is 6.15. The summed E-state index contributed by atoms with van der Waals surface area (Å²) in [7, 11) is 0. The van der Waals surface area contributed by atoms with Crippen LogP contribution in [0.1, 0.15) is 48.4 Å². The second-order valence-corrected chi connectivity index (χ2v) is 7.93. The van der Waals surface area contributed by atoms with Gasteiger partial charge in [0, 0.05) is 46.2 Å². The van der Waals surface area contributed by atoms with Gasteiger partial charge in [-0.05, 0) is 39.0 Å². The molecule has 1 unspecified atom stereocenters. The molecule has 3 rings (SSSR count). The van der Waals surface area contributed by atoms with Crippen molar-refractivity contribution in [3.05, 3.63) is 51.6 Å². The molecule has 28 heavy (non-hydrogen) atoms. The lowest BCUT2D eigenvalue weighted by molar-refractivity contribution is -0.137. The largest absolute Gasteiger partial charge is 0.463 e. The molecule has 0 radical (unpaired) electrons. The molecule has 2 aromatic rings. The number of hydrogen-bond donors (Lipinski definition) is 1. The van der Waals surface area contributed by atoms with Crippen molar-refractivity contribution >= 4 is 38.7 Å². The van der Waals surface area contributed by atoms with Crippen molar-refractivity contribution in [1.82, 2.24) is 9.88 Å². The summed E-state index contributed by atoms with van der Waals surface area (Å²) in [6.07, 6.45) is 3.92. The first-order chi connectivity index (χ1) is 13.3. The molecule has 1 aliphatic heterocycles. The number of benzene rings is 1. The normalized spacial score (nSPS) is 17.2. The van der Waals surface area contributed by atoms with Gasteiger partial charge in [0.1, 0.15) is 0 Å². The highest BCUT2D eigenvalue weighted by Gasteiger charge is 2.33. The molecule has 148 valence electrons. The molecule has 0 spiro atoms. The smallest absolute Gasteiger partial charge is 0.330 e. The van der Waals surface area contributed by atoms with Crippen molar-refractivity contribution in [2.75, 3.05) is 13.2 Å². The fourth-order valence-electron chi connectivity index (χ4n) is 3.76. The Morgan fingerprint density at radius 2 is 2.18 bits per heavy atom. The minimum atomic E-state index is -0.498. The topological polar surface area (TPSA) is 85.5 Å². The van der Waals surface area contributed by atoms with E-state index in [4.69, 9.17) is 15.5 Å². The molecule has 0 saturated heterocycles. The third-order valence-corrected chi connectivity index (χ3v) is 5.43. The zero-order valence-corrected chi connectivity index (χ0v) is 17.8. The first kappa shape index (κ1) is 20.5. The fraction of sp³-hybridized carbons (Fsp3) is 0.381. The number of nitrogens with zero attached hydrogens (tertiary/aromatic N) is 2. The van der Waals surface area contributed by atoms with Gasteiger partial charge < -0.3 is 10.5 Å². The Morgan fingerprint density at radius 1 is 1.43 bits per heavy atom. The number of hydrogen-bond acceptors (Lipinski definition) is 5. The standard InChI is InChI=1S/C21H24BrN3O3/c1-4-28-18(26)8-7-17-20-16(9-10-25(17)12(2)3)24-15-6-5-13(22)11-14(15)19(20)21(23)27/h5-8,11-12,17H,4,9-10H2,1-3H3,(H2,23,27)/b8-7+. The highest BCUT2D eigenvalue weighted by molar-refractivity contribution is 9.10. The van der Waals surface area contributed by atoms with Crippen LogP contribution < -0.4 is 5.73 Å². The van der Waals surface area contributed by atoms with Crippen LogP contribution in [0.2, 0.25) is 0 Å². The molecule has 1 atom stereocenters. The number of rotatable bonds is 5. The number of esters is 1. The SMILES string of the molecule is CCOC(=O)/C=C/C1c2c(nc3ccc(Br)cc3c2C(N)=O)CCN1C(C)C. The lowest BCUT2D eigenvalue weighted by atomic mass is 9.88. The van der Waals surface area contributed by atoms with Crippen LogP contribution in [0.3, 0.4) is 0 Å². The number of aromatic nitrogens is 1. The molecule has 2 heterocycles. The van der Waals surface area contributed by atoms with Crippen LogP contribution in [0.5, 0.6) is 0 Å². The summed E-state index contributed by atoms with van der Waals surface area (Å²) >= 11 is 3.46. The first-order valence-electron chi connectivity index (χ1n) is 9.36. The van der Waals surface area contributed by atoms with Gasteiger partial charge in [0.05, 0.1) is 23.7 Å². The number of ether oxygens (including phenoxy) is 1. The molecule has 1 amide bonds. The van der Waals surface area contributed by atoms with Crippen molar-refractivity contribution in [2.45, 2.75) is 39.3 Å². The van der Waals surface area contributed by atoms with Crippen LogP contribution in [0.25, 0.3) is 10.9 Å². The van der Waals surface area contributed by atoms with E-state index in [0.29, 0.717) is 24.0 Å². The first-order valence-corrected chi connectivity index (χ1v) is 10.1. The summed E-state index contributed by atoms with van der Waals surface area (Å²) in [5.41, 5.74) is 8.65. The number of pyridine rings is 1. The average molecular weight is 446 g/mol. The summed E-state index contributed by atoms with van der Waals surface area (Å²) in [5, 5.41) is 0.709. The van der Waals surface area contributed by atoms with E-state index in [1.54, 1.807) is 13.0 Å². The van der Waals surface area contributed by atoms with Gasteiger partial charge in [0.25, 0.3) is 0 Å². The van der Waals surface area contributed by atoms with E-state index in [0.717, 1.165) is 27.8 Å². The van der Waals surface area contributed by atoms with E-state index in [9.17, 15) is 9.59 Å². The van der Waals surface area contributed by atoms with E-state index in [1.807, 2.05) is 18.2 Å². The molecule has 1 aromatic carbocycles. The number of carbonyl (C=O) groups excluding carboxylic acids is 2. The summed E-state index contributed by atoms with van der Waals surface area (Å²) in [6.45, 7) is 7.03. The number of halogens is 1. The third kappa shape index (κ3) is 3.95. The Hall–Kier alpha value is -2.25. The van der Waals surface area contributed by atoms with Crippen LogP contribution >= 0.6 is 15.9 Å². The van der Waals surface area contributed by atoms with Gasteiger partial charge in [-0.15, -0.1) is 0 Å². The van der Waals surface area contributed by atoms with E-state index in [-0.39, 0.29) is 12.1 Å². The lowest BCUT2D eigenvalue weighted by Gasteiger charge is -2.39. The summed E-state index contributed by atoms with van der Waals surface area (Å²) in [4.78, 5) is 31.4. The maximum Gasteiger partial charge on any atom is 0.330 e. The minimum absolute atomic E-state index is 0.212. The van der Waals surface area contributed by atoms with Crippen LogP contribution in [0, 0.1) is 0 Å². The zero-order valence-electron chi connectivity index (χ0n) is 16.2. The van der Waals surface area contributed by atoms with Gasteiger partial charge in [0.2, 0.25) is 5.91 Å². The molecule has 0 bridgehead atoms. The van der Waals surface area contributed by atoms with Crippen molar-refractivity contribution < 1.29 is 14.3 Å². The molecule has 0 aliphatic carbocycles. The Labute approximate surface area is 172 Å². The van der Waals surface area contributed by atoms with Crippen molar-refractivity contribution in [2.24, 2.45) is 5.73 Å². The van der Waals surface area contributed by atoms with E-state index >= 15 is 0 Å². The Balaban J connectivity index is 2.24. The lowest BCUT2D eigenvalue weighted by Crippen LogP contribution is -2.41. The number of primary amides is 1. The quantitative estimate of drug-likeness (QED) is 0.561.